The number of allylic oxidation sites excluding steroid dienone is 1. The van der Waals surface area contributed by atoms with Crippen LogP contribution in [0.3, 0.4) is 0 Å². The van der Waals surface area contributed by atoms with Crippen LogP contribution >= 0.6 is 0 Å². The van der Waals surface area contributed by atoms with Crippen LogP contribution in [-0.4, -0.2) is 11.8 Å². The molecule has 1 N–H and O–H groups in total. The number of Topliss-reactive ketones (excluding diaryl/α,β-unsaturated/α-hetero) is 1. The number of halogens is 6. The van der Waals surface area contributed by atoms with E-state index in [1.165, 1.54) is 24.3 Å². The van der Waals surface area contributed by atoms with Crippen molar-refractivity contribution in [1.82, 2.24) is 5.32 Å². The zero-order valence-corrected chi connectivity index (χ0v) is 17.9. The summed E-state index contributed by atoms with van der Waals surface area (Å²) in [6, 6.07) is 12.5. The van der Waals surface area contributed by atoms with E-state index in [0.717, 1.165) is 37.1 Å². The van der Waals surface area contributed by atoms with Gasteiger partial charge in [-0.3, -0.25) is 4.79 Å². The Bertz CT molecular complexity index is 1400. The van der Waals surface area contributed by atoms with Gasteiger partial charge in [-0.2, -0.15) is 26.3 Å². The minimum Gasteiger partial charge on any atom is -0.436 e. The summed E-state index contributed by atoms with van der Waals surface area (Å²) < 4.78 is 85.3. The summed E-state index contributed by atoms with van der Waals surface area (Å²) in [4.78, 5) is 13.3. The Balaban J connectivity index is 1.58. The van der Waals surface area contributed by atoms with E-state index >= 15 is 0 Å². The van der Waals surface area contributed by atoms with Crippen LogP contribution in [0.15, 0.2) is 72.3 Å². The standard InChI is InChI=1S/C26H17F6NO2/c27-25(28,29)17-6-2-5-16(11-17)22-23(34)21(35-24(22)33-19-9-10-19)12-15-4-1-3-14-7-8-18(13-20(14)15)26(30,31)32/h1-8,11-13,19,33H,9-10H2/b21-12+. The molecule has 3 aromatic carbocycles. The predicted molar refractivity (Wildman–Crippen MR) is 118 cm³/mol. The Kier molecular flexibility index (Phi) is 5.38. The van der Waals surface area contributed by atoms with Crippen LogP contribution in [0, 0.1) is 0 Å². The Hall–Kier alpha value is -3.75. The lowest BCUT2D eigenvalue weighted by atomic mass is 9.98. The van der Waals surface area contributed by atoms with Crippen LogP contribution in [0.2, 0.25) is 0 Å². The van der Waals surface area contributed by atoms with E-state index in [4.69, 9.17) is 4.74 Å². The first kappa shape index (κ1) is 23.0. The molecule has 9 heteroatoms. The van der Waals surface area contributed by atoms with Gasteiger partial charge in [-0.05, 0) is 65.1 Å². The first-order valence-corrected chi connectivity index (χ1v) is 10.7. The van der Waals surface area contributed by atoms with Gasteiger partial charge >= 0.3 is 12.4 Å². The Morgan fingerprint density at radius 1 is 0.857 bits per heavy atom. The quantitative estimate of drug-likeness (QED) is 0.319. The van der Waals surface area contributed by atoms with Crippen molar-refractivity contribution < 1.29 is 35.9 Å². The molecular formula is C26H17F6NO2. The van der Waals surface area contributed by atoms with Crippen LogP contribution < -0.4 is 5.32 Å². The molecule has 3 aromatic rings. The van der Waals surface area contributed by atoms with E-state index in [2.05, 4.69) is 5.32 Å². The number of ether oxygens (including phenoxy) is 1. The highest BCUT2D eigenvalue weighted by molar-refractivity contribution is 6.31. The van der Waals surface area contributed by atoms with Crippen LogP contribution in [0.4, 0.5) is 26.3 Å². The van der Waals surface area contributed by atoms with Crippen molar-refractivity contribution in [1.29, 1.82) is 0 Å². The smallest absolute Gasteiger partial charge is 0.416 e. The van der Waals surface area contributed by atoms with Crippen molar-refractivity contribution in [2.75, 3.05) is 0 Å². The number of hydrogen-bond donors (Lipinski definition) is 1. The Labute approximate surface area is 195 Å². The minimum atomic E-state index is -4.60. The summed E-state index contributed by atoms with van der Waals surface area (Å²) in [7, 11) is 0. The fourth-order valence-corrected chi connectivity index (χ4v) is 3.90. The lowest BCUT2D eigenvalue weighted by molar-refractivity contribution is -0.138. The molecule has 0 atom stereocenters. The number of hydrogen-bond acceptors (Lipinski definition) is 3. The molecule has 2 aliphatic rings. The number of ketones is 1. The third kappa shape index (κ3) is 4.62. The van der Waals surface area contributed by atoms with E-state index in [-0.39, 0.29) is 34.2 Å². The van der Waals surface area contributed by atoms with Crippen LogP contribution in [-0.2, 0) is 21.9 Å². The van der Waals surface area contributed by atoms with Gasteiger partial charge in [0.2, 0.25) is 11.7 Å². The predicted octanol–water partition coefficient (Wildman–Crippen LogP) is 6.94. The van der Waals surface area contributed by atoms with E-state index in [0.29, 0.717) is 10.9 Å². The van der Waals surface area contributed by atoms with Gasteiger partial charge in [0, 0.05) is 6.04 Å². The van der Waals surface area contributed by atoms with Crippen molar-refractivity contribution in [3.05, 3.63) is 94.6 Å². The molecule has 0 aromatic heterocycles. The topological polar surface area (TPSA) is 38.3 Å². The highest BCUT2D eigenvalue weighted by Crippen LogP contribution is 2.38. The highest BCUT2D eigenvalue weighted by atomic mass is 19.4. The first-order chi connectivity index (χ1) is 16.5. The van der Waals surface area contributed by atoms with Crippen molar-refractivity contribution in [3.63, 3.8) is 0 Å². The summed E-state index contributed by atoms with van der Waals surface area (Å²) >= 11 is 0. The Morgan fingerprint density at radius 2 is 1.54 bits per heavy atom. The molecule has 0 radical (unpaired) electrons. The summed E-state index contributed by atoms with van der Waals surface area (Å²) in [5, 5.41) is 3.83. The number of carbonyl (C=O) groups is 1. The van der Waals surface area contributed by atoms with Crippen LogP contribution in [0.25, 0.3) is 22.4 Å². The molecule has 0 amide bonds. The number of fused-ring (bicyclic) bond motifs is 1. The van der Waals surface area contributed by atoms with Crippen LogP contribution in [0.5, 0.6) is 0 Å². The van der Waals surface area contributed by atoms with Gasteiger partial charge in [0.25, 0.3) is 0 Å². The van der Waals surface area contributed by atoms with Gasteiger partial charge in [-0.25, -0.2) is 0 Å². The van der Waals surface area contributed by atoms with E-state index < -0.39 is 29.3 Å². The van der Waals surface area contributed by atoms with Gasteiger partial charge < -0.3 is 10.1 Å². The molecule has 0 bridgehead atoms. The molecule has 0 unspecified atom stereocenters. The SMILES string of the molecule is O=C1C(c2cccc(C(F)(F)F)c2)=C(NC2CC2)O/C1=C/c1cccc2ccc(C(F)(F)F)cc12. The maximum absolute atomic E-state index is 13.3. The molecule has 0 spiro atoms. The van der Waals surface area contributed by atoms with Gasteiger partial charge in [0.05, 0.1) is 16.7 Å². The van der Waals surface area contributed by atoms with Crippen molar-refractivity contribution in [3.8, 4) is 0 Å². The Morgan fingerprint density at radius 3 is 2.23 bits per heavy atom. The molecule has 180 valence electrons. The summed E-state index contributed by atoms with van der Waals surface area (Å²) in [5.74, 6) is -0.804. The van der Waals surface area contributed by atoms with Crippen molar-refractivity contribution in [2.24, 2.45) is 0 Å². The molecule has 1 fully saturated rings. The second-order valence-electron chi connectivity index (χ2n) is 8.42. The molecule has 1 aliphatic heterocycles. The summed E-state index contributed by atoms with van der Waals surface area (Å²) in [6.07, 6.45) is -6.19. The number of nitrogens with one attached hydrogen (secondary N) is 1. The molecule has 1 heterocycles. The second-order valence-corrected chi connectivity index (χ2v) is 8.42. The van der Waals surface area contributed by atoms with Gasteiger partial charge in [0.15, 0.2) is 5.76 Å². The van der Waals surface area contributed by atoms with Crippen molar-refractivity contribution >= 4 is 28.2 Å². The molecule has 5 rings (SSSR count). The second kappa shape index (κ2) is 8.18. The van der Waals surface area contributed by atoms with Gasteiger partial charge in [-0.1, -0.05) is 36.4 Å². The number of carbonyl (C=O) groups excluding carboxylic acids is 1. The molecule has 35 heavy (non-hydrogen) atoms. The number of rotatable bonds is 4. The highest BCUT2D eigenvalue weighted by Gasteiger charge is 2.37. The third-order valence-electron chi connectivity index (χ3n) is 5.81. The molecule has 0 saturated heterocycles. The number of alkyl halides is 6. The molecular weight excluding hydrogens is 472 g/mol. The van der Waals surface area contributed by atoms with Crippen LogP contribution in [0.1, 0.15) is 35.1 Å². The first-order valence-electron chi connectivity index (χ1n) is 10.7. The minimum absolute atomic E-state index is 0.0323. The lowest BCUT2D eigenvalue weighted by Crippen LogP contribution is -2.16. The lowest BCUT2D eigenvalue weighted by Gasteiger charge is -2.10. The van der Waals surface area contributed by atoms with E-state index in [1.54, 1.807) is 18.2 Å². The van der Waals surface area contributed by atoms with E-state index in [1.807, 2.05) is 0 Å². The average molecular weight is 489 g/mol. The fourth-order valence-electron chi connectivity index (χ4n) is 3.90. The van der Waals surface area contributed by atoms with Gasteiger partial charge in [0.1, 0.15) is 0 Å². The molecule has 3 nitrogen and oxygen atoms in total. The van der Waals surface area contributed by atoms with Gasteiger partial charge in [-0.15, -0.1) is 0 Å². The van der Waals surface area contributed by atoms with Crippen molar-refractivity contribution in [2.45, 2.75) is 31.2 Å². The zero-order valence-electron chi connectivity index (χ0n) is 17.9. The largest absolute Gasteiger partial charge is 0.436 e. The average Bonchev–Trinajstić information content (AvgIpc) is 3.56. The van der Waals surface area contributed by atoms with E-state index in [9.17, 15) is 31.1 Å². The number of benzene rings is 3. The maximum atomic E-state index is 13.3. The molecule has 1 aliphatic carbocycles. The summed E-state index contributed by atoms with van der Waals surface area (Å²) in [6.45, 7) is 0. The maximum Gasteiger partial charge on any atom is 0.416 e. The third-order valence-corrected chi connectivity index (χ3v) is 5.81. The zero-order chi connectivity index (χ0) is 25.0. The molecule has 1 saturated carbocycles. The fraction of sp³-hybridized carbons (Fsp3) is 0.192. The summed E-state index contributed by atoms with van der Waals surface area (Å²) in [5.41, 5.74) is -1.45. The normalized spacial score (nSPS) is 17.9. The monoisotopic (exact) mass is 489 g/mol.